The molecule has 1 heterocycles. The summed E-state index contributed by atoms with van der Waals surface area (Å²) < 4.78 is 1.19. The molecule has 20 heavy (non-hydrogen) atoms. The van der Waals surface area contributed by atoms with E-state index < -0.39 is 0 Å². The van der Waals surface area contributed by atoms with Crippen LogP contribution >= 0.6 is 15.9 Å². The second-order valence-corrected chi connectivity index (χ2v) is 7.55. The molecule has 1 aromatic rings. The fourth-order valence-electron chi connectivity index (χ4n) is 3.91. The van der Waals surface area contributed by atoms with E-state index in [2.05, 4.69) is 39.0 Å². The van der Waals surface area contributed by atoms with Gasteiger partial charge in [-0.2, -0.15) is 0 Å². The number of hydrogen-bond acceptors (Lipinski definition) is 2. The summed E-state index contributed by atoms with van der Waals surface area (Å²) in [6.07, 6.45) is 8.57. The lowest BCUT2D eigenvalue weighted by Crippen LogP contribution is -2.39. The van der Waals surface area contributed by atoms with E-state index in [0.29, 0.717) is 5.41 Å². The van der Waals surface area contributed by atoms with E-state index in [9.17, 15) is 0 Å². The van der Waals surface area contributed by atoms with Crippen LogP contribution in [0, 0.1) is 5.41 Å². The van der Waals surface area contributed by atoms with E-state index >= 15 is 0 Å². The molecule has 2 fully saturated rings. The van der Waals surface area contributed by atoms with Gasteiger partial charge in [0.25, 0.3) is 0 Å². The summed E-state index contributed by atoms with van der Waals surface area (Å²) >= 11 is 3.73. The van der Waals surface area contributed by atoms with Gasteiger partial charge in [-0.25, -0.2) is 0 Å². The molecule has 2 nitrogen and oxygen atoms in total. The first-order chi connectivity index (χ1) is 9.60. The van der Waals surface area contributed by atoms with Gasteiger partial charge in [-0.3, -0.25) is 0 Å². The van der Waals surface area contributed by atoms with Crippen LogP contribution in [0.1, 0.15) is 57.1 Å². The van der Waals surface area contributed by atoms with Crippen molar-refractivity contribution in [2.45, 2.75) is 51.5 Å². The molecule has 2 aliphatic rings. The largest absolute Gasteiger partial charge is 0.371 e. The van der Waals surface area contributed by atoms with Gasteiger partial charge in [0, 0.05) is 23.6 Å². The number of hydrogen-bond donors (Lipinski definition) is 1. The average Bonchev–Trinajstić information content (AvgIpc) is 2.88. The van der Waals surface area contributed by atoms with Crippen LogP contribution in [0.4, 0.5) is 5.69 Å². The van der Waals surface area contributed by atoms with Crippen molar-refractivity contribution in [1.29, 1.82) is 0 Å². The van der Waals surface area contributed by atoms with Crippen LogP contribution < -0.4 is 10.6 Å². The Labute approximate surface area is 130 Å². The number of piperidine rings is 1. The maximum absolute atomic E-state index is 5.96. The van der Waals surface area contributed by atoms with Crippen molar-refractivity contribution in [3.63, 3.8) is 0 Å². The maximum atomic E-state index is 5.96. The second-order valence-electron chi connectivity index (χ2n) is 6.69. The molecule has 3 heteroatoms. The zero-order valence-electron chi connectivity index (χ0n) is 12.4. The zero-order valence-corrected chi connectivity index (χ0v) is 14.0. The molecule has 0 amide bonds. The van der Waals surface area contributed by atoms with Gasteiger partial charge in [-0.15, -0.1) is 0 Å². The third-order valence-electron chi connectivity index (χ3n) is 5.33. The lowest BCUT2D eigenvalue weighted by atomic mass is 9.77. The molecule has 0 radical (unpaired) electrons. The molecular formula is C17H25BrN2. The van der Waals surface area contributed by atoms with E-state index in [1.807, 2.05) is 6.92 Å². The smallest absolute Gasteiger partial charge is 0.0510 e. The fraction of sp³-hybridized carbons (Fsp3) is 0.647. The number of rotatable bonds is 2. The topological polar surface area (TPSA) is 29.3 Å². The number of nitrogens with two attached hydrogens (primary N) is 1. The monoisotopic (exact) mass is 336 g/mol. The third kappa shape index (κ3) is 2.75. The average molecular weight is 337 g/mol. The highest BCUT2D eigenvalue weighted by atomic mass is 79.9. The van der Waals surface area contributed by atoms with Crippen LogP contribution in [0.25, 0.3) is 0 Å². The van der Waals surface area contributed by atoms with Crippen LogP contribution in [0.3, 0.4) is 0 Å². The highest BCUT2D eigenvalue weighted by Crippen LogP contribution is 2.47. The fourth-order valence-corrected chi connectivity index (χ4v) is 4.56. The molecule has 2 N–H and O–H groups in total. The Balaban J connectivity index is 1.71. The van der Waals surface area contributed by atoms with Crippen LogP contribution in [-0.4, -0.2) is 13.1 Å². The molecule has 1 spiro atoms. The SMILES string of the molecule is C[C@@H](N)c1ccc(N2CCC3(CCCC3)CC2)c(Br)c1. The van der Waals surface area contributed by atoms with E-state index in [1.54, 1.807) is 0 Å². The number of nitrogens with zero attached hydrogens (tertiary/aromatic N) is 1. The Morgan fingerprint density at radius 3 is 2.35 bits per heavy atom. The Bertz CT molecular complexity index is 468. The molecule has 1 aliphatic carbocycles. The molecule has 110 valence electrons. The normalized spacial score (nSPS) is 23.2. The third-order valence-corrected chi connectivity index (χ3v) is 5.96. The Hall–Kier alpha value is -0.540. The van der Waals surface area contributed by atoms with Crippen LogP contribution in [-0.2, 0) is 0 Å². The molecular weight excluding hydrogens is 312 g/mol. The van der Waals surface area contributed by atoms with Gasteiger partial charge in [-0.1, -0.05) is 18.9 Å². The van der Waals surface area contributed by atoms with E-state index in [4.69, 9.17) is 5.73 Å². The molecule has 0 bridgehead atoms. The maximum Gasteiger partial charge on any atom is 0.0510 e. The first-order valence-electron chi connectivity index (χ1n) is 7.90. The minimum Gasteiger partial charge on any atom is -0.371 e. The molecule has 1 saturated carbocycles. The van der Waals surface area contributed by atoms with Gasteiger partial charge < -0.3 is 10.6 Å². The Morgan fingerprint density at radius 2 is 1.80 bits per heavy atom. The molecule has 1 aliphatic heterocycles. The highest BCUT2D eigenvalue weighted by Gasteiger charge is 2.37. The summed E-state index contributed by atoms with van der Waals surface area (Å²) in [7, 11) is 0. The molecule has 0 unspecified atom stereocenters. The van der Waals surface area contributed by atoms with Gasteiger partial charge in [0.1, 0.15) is 0 Å². The molecule has 3 rings (SSSR count). The van der Waals surface area contributed by atoms with Crippen molar-refractivity contribution in [2.24, 2.45) is 11.1 Å². The van der Waals surface area contributed by atoms with E-state index in [-0.39, 0.29) is 6.04 Å². The van der Waals surface area contributed by atoms with Crippen molar-refractivity contribution in [3.05, 3.63) is 28.2 Å². The lowest BCUT2D eigenvalue weighted by molar-refractivity contribution is 0.226. The van der Waals surface area contributed by atoms with Crippen LogP contribution in [0.2, 0.25) is 0 Å². The quantitative estimate of drug-likeness (QED) is 0.853. The van der Waals surface area contributed by atoms with Gasteiger partial charge in [-0.05, 0) is 71.6 Å². The number of anilines is 1. The van der Waals surface area contributed by atoms with Crippen molar-refractivity contribution in [3.8, 4) is 0 Å². The van der Waals surface area contributed by atoms with E-state index in [0.717, 1.165) is 0 Å². The number of halogens is 1. The number of benzene rings is 1. The van der Waals surface area contributed by atoms with Gasteiger partial charge in [0.2, 0.25) is 0 Å². The lowest BCUT2D eigenvalue weighted by Gasteiger charge is -2.41. The second kappa shape index (κ2) is 5.69. The van der Waals surface area contributed by atoms with E-state index in [1.165, 1.54) is 67.3 Å². The van der Waals surface area contributed by atoms with Crippen LogP contribution in [0.5, 0.6) is 0 Å². The van der Waals surface area contributed by atoms with Crippen molar-refractivity contribution in [1.82, 2.24) is 0 Å². The van der Waals surface area contributed by atoms with Gasteiger partial charge in [0.05, 0.1) is 5.69 Å². The van der Waals surface area contributed by atoms with Gasteiger partial charge >= 0.3 is 0 Å². The summed E-state index contributed by atoms with van der Waals surface area (Å²) in [6.45, 7) is 4.44. The summed E-state index contributed by atoms with van der Waals surface area (Å²) in [6, 6.07) is 6.68. The molecule has 1 saturated heterocycles. The van der Waals surface area contributed by atoms with Crippen LogP contribution in [0.15, 0.2) is 22.7 Å². The first-order valence-corrected chi connectivity index (χ1v) is 8.69. The predicted molar refractivity (Wildman–Crippen MR) is 89.1 cm³/mol. The molecule has 0 aromatic heterocycles. The summed E-state index contributed by atoms with van der Waals surface area (Å²) in [5, 5.41) is 0. The van der Waals surface area contributed by atoms with Crippen molar-refractivity contribution in [2.75, 3.05) is 18.0 Å². The van der Waals surface area contributed by atoms with Crippen molar-refractivity contribution >= 4 is 21.6 Å². The zero-order chi connectivity index (χ0) is 14.2. The first kappa shape index (κ1) is 14.4. The summed E-state index contributed by atoms with van der Waals surface area (Å²) in [5.74, 6) is 0. The molecule has 1 aromatic carbocycles. The van der Waals surface area contributed by atoms with Crippen molar-refractivity contribution < 1.29 is 0 Å². The van der Waals surface area contributed by atoms with Gasteiger partial charge in [0.15, 0.2) is 0 Å². The predicted octanol–water partition coefficient (Wildman–Crippen LogP) is 4.63. The Morgan fingerprint density at radius 1 is 1.15 bits per heavy atom. The minimum absolute atomic E-state index is 0.100. The minimum atomic E-state index is 0.100. The Kier molecular flexibility index (Phi) is 4.09. The molecule has 1 atom stereocenters. The standard InChI is InChI=1S/C17H25BrN2/c1-13(19)14-4-5-16(15(18)12-14)20-10-8-17(9-11-20)6-2-3-7-17/h4-5,12-13H,2-3,6-11,19H2,1H3/t13-/m1/s1. The highest BCUT2D eigenvalue weighted by molar-refractivity contribution is 9.10. The summed E-state index contributed by atoms with van der Waals surface area (Å²) in [5.41, 5.74) is 9.18. The summed E-state index contributed by atoms with van der Waals surface area (Å²) in [4.78, 5) is 2.54.